The lowest BCUT2D eigenvalue weighted by molar-refractivity contribution is 0.403. The van der Waals surface area contributed by atoms with Crippen molar-refractivity contribution in [1.29, 1.82) is 0 Å². The van der Waals surface area contributed by atoms with Gasteiger partial charge in [-0.1, -0.05) is 33.6 Å². The van der Waals surface area contributed by atoms with Crippen molar-refractivity contribution in [2.24, 2.45) is 0 Å². The van der Waals surface area contributed by atoms with E-state index in [1.807, 2.05) is 0 Å². The van der Waals surface area contributed by atoms with Crippen molar-refractivity contribution in [1.82, 2.24) is 5.32 Å². The maximum atomic E-state index is 14.2. The van der Waals surface area contributed by atoms with Gasteiger partial charge in [-0.2, -0.15) is 0 Å². The lowest BCUT2D eigenvalue weighted by Crippen LogP contribution is -2.21. The number of hydrogen-bond acceptors (Lipinski definition) is 2. The summed E-state index contributed by atoms with van der Waals surface area (Å²) in [6.45, 7) is 0. The molecule has 0 bridgehead atoms. The second-order valence-electron chi connectivity index (χ2n) is 4.39. The second kappa shape index (κ2) is 6.73. The molecular weight excluding hydrogens is 364 g/mol. The fraction of sp³-hybridized carbons (Fsp3) is 0.200. The Balaban J connectivity index is 2.56. The molecule has 0 fully saturated rings. The highest BCUT2D eigenvalue weighted by Crippen LogP contribution is 2.34. The second-order valence-corrected chi connectivity index (χ2v) is 5.72. The highest BCUT2D eigenvalue weighted by Gasteiger charge is 2.23. The molecule has 0 radical (unpaired) electrons. The maximum Gasteiger partial charge on any atom is 0.134 e. The van der Waals surface area contributed by atoms with E-state index >= 15 is 0 Å². The van der Waals surface area contributed by atoms with E-state index in [0.717, 1.165) is 16.6 Å². The summed E-state index contributed by atoms with van der Waals surface area (Å²) in [5.74, 6) is -1.25. The van der Waals surface area contributed by atoms with Gasteiger partial charge in [0.1, 0.15) is 17.4 Å². The predicted molar refractivity (Wildman–Crippen MR) is 83.0 cm³/mol. The van der Waals surface area contributed by atoms with Crippen LogP contribution in [0.4, 0.5) is 8.78 Å². The maximum absolute atomic E-state index is 14.2. The molecule has 0 aromatic heterocycles. The summed E-state index contributed by atoms with van der Waals surface area (Å²) in [7, 11) is 2.97. The topological polar surface area (TPSA) is 21.3 Å². The highest BCUT2D eigenvalue weighted by atomic mass is 79.9. The minimum absolute atomic E-state index is 0.0949. The molecule has 2 aromatic rings. The average molecular weight is 377 g/mol. The lowest BCUT2D eigenvalue weighted by atomic mass is 9.97. The molecule has 1 unspecified atom stereocenters. The van der Waals surface area contributed by atoms with Gasteiger partial charge in [0.25, 0.3) is 0 Å². The monoisotopic (exact) mass is 375 g/mol. The highest BCUT2D eigenvalue weighted by molar-refractivity contribution is 9.10. The molecule has 0 saturated heterocycles. The molecule has 0 heterocycles. The van der Waals surface area contributed by atoms with E-state index in [2.05, 4.69) is 21.2 Å². The van der Waals surface area contributed by atoms with Crippen LogP contribution >= 0.6 is 27.5 Å². The van der Waals surface area contributed by atoms with Crippen molar-refractivity contribution in [2.75, 3.05) is 14.2 Å². The lowest BCUT2D eigenvalue weighted by Gasteiger charge is -2.20. The summed E-state index contributed by atoms with van der Waals surface area (Å²) in [6.07, 6.45) is 0. The zero-order chi connectivity index (χ0) is 15.6. The number of benzene rings is 2. The summed E-state index contributed by atoms with van der Waals surface area (Å²) in [5.41, 5.74) is 0.493. The van der Waals surface area contributed by atoms with Crippen molar-refractivity contribution >= 4 is 27.5 Å². The Morgan fingerprint density at radius 2 is 1.81 bits per heavy atom. The molecule has 1 N–H and O–H groups in total. The molecule has 0 aliphatic rings. The Hall–Kier alpha value is -1.17. The minimum Gasteiger partial charge on any atom is -0.497 e. The van der Waals surface area contributed by atoms with Gasteiger partial charge < -0.3 is 10.1 Å². The summed E-state index contributed by atoms with van der Waals surface area (Å²) in [5, 5.41) is 3.31. The van der Waals surface area contributed by atoms with Gasteiger partial charge in [-0.15, -0.1) is 0 Å². The van der Waals surface area contributed by atoms with E-state index in [-0.39, 0.29) is 11.3 Å². The summed E-state index contributed by atoms with van der Waals surface area (Å²) in [4.78, 5) is 0. The van der Waals surface area contributed by atoms with Crippen molar-refractivity contribution in [2.45, 2.75) is 6.04 Å². The zero-order valence-corrected chi connectivity index (χ0v) is 13.7. The van der Waals surface area contributed by atoms with Gasteiger partial charge >= 0.3 is 0 Å². The molecule has 21 heavy (non-hydrogen) atoms. The Labute approximate surface area is 135 Å². The molecule has 0 aliphatic heterocycles. The number of rotatable bonds is 4. The van der Waals surface area contributed by atoms with E-state index < -0.39 is 17.7 Å². The molecule has 2 nitrogen and oxygen atoms in total. The van der Waals surface area contributed by atoms with Crippen LogP contribution in [0.25, 0.3) is 0 Å². The first-order valence-corrected chi connectivity index (χ1v) is 7.30. The van der Waals surface area contributed by atoms with Crippen LogP contribution in [0.15, 0.2) is 34.8 Å². The zero-order valence-electron chi connectivity index (χ0n) is 11.4. The average Bonchev–Trinajstić information content (AvgIpc) is 2.43. The van der Waals surface area contributed by atoms with Gasteiger partial charge in [0.15, 0.2) is 0 Å². The van der Waals surface area contributed by atoms with Crippen LogP contribution in [0, 0.1) is 11.6 Å². The number of halogens is 4. The Bertz CT molecular complexity index is 643. The minimum atomic E-state index is -0.698. The third-order valence-corrected chi connectivity index (χ3v) is 3.96. The summed E-state index contributed by atoms with van der Waals surface area (Å²) >= 11 is 9.48. The Kier molecular flexibility index (Phi) is 5.19. The van der Waals surface area contributed by atoms with Gasteiger partial charge in [0.2, 0.25) is 0 Å². The first kappa shape index (κ1) is 16.2. The quantitative estimate of drug-likeness (QED) is 0.835. The molecule has 2 rings (SSSR count). The molecule has 112 valence electrons. The van der Waals surface area contributed by atoms with Gasteiger partial charge in [-0.05, 0) is 24.7 Å². The van der Waals surface area contributed by atoms with Crippen LogP contribution in [0.5, 0.6) is 5.75 Å². The van der Waals surface area contributed by atoms with Crippen molar-refractivity contribution in [3.8, 4) is 5.75 Å². The van der Waals surface area contributed by atoms with Gasteiger partial charge in [-0.3, -0.25) is 0 Å². The van der Waals surface area contributed by atoms with Crippen LogP contribution in [0.3, 0.4) is 0 Å². The summed E-state index contributed by atoms with van der Waals surface area (Å²) in [6, 6.07) is 6.77. The number of nitrogens with one attached hydrogen (secondary N) is 1. The van der Waals surface area contributed by atoms with Crippen LogP contribution in [-0.4, -0.2) is 14.2 Å². The Morgan fingerprint density at radius 3 is 2.29 bits per heavy atom. The van der Waals surface area contributed by atoms with E-state index in [1.54, 1.807) is 25.2 Å². The number of methoxy groups -OCH3 is 1. The van der Waals surface area contributed by atoms with Crippen LogP contribution in [0.1, 0.15) is 17.2 Å². The van der Waals surface area contributed by atoms with Crippen LogP contribution < -0.4 is 10.1 Å². The fourth-order valence-corrected chi connectivity index (χ4v) is 2.93. The van der Waals surface area contributed by atoms with E-state index in [1.165, 1.54) is 7.11 Å². The van der Waals surface area contributed by atoms with Crippen LogP contribution in [0.2, 0.25) is 5.02 Å². The van der Waals surface area contributed by atoms with E-state index in [9.17, 15) is 8.78 Å². The fourth-order valence-electron chi connectivity index (χ4n) is 2.15. The molecule has 6 heteroatoms. The first-order chi connectivity index (χ1) is 9.97. The summed E-state index contributed by atoms with van der Waals surface area (Å²) < 4.78 is 34.1. The SMILES string of the molecule is CNC(c1ccc(Br)cc1Cl)c1c(F)cc(OC)cc1F. The van der Waals surface area contributed by atoms with Gasteiger partial charge in [0.05, 0.1) is 13.2 Å². The Morgan fingerprint density at radius 1 is 1.19 bits per heavy atom. The smallest absolute Gasteiger partial charge is 0.134 e. The third-order valence-electron chi connectivity index (χ3n) is 3.14. The van der Waals surface area contributed by atoms with Gasteiger partial charge in [-0.25, -0.2) is 8.78 Å². The molecule has 1 atom stereocenters. The van der Waals surface area contributed by atoms with Crippen LogP contribution in [-0.2, 0) is 0 Å². The molecule has 0 aliphatic carbocycles. The molecule has 0 spiro atoms. The standard InChI is InChI=1S/C15H13BrClF2NO/c1-20-15(10-4-3-8(16)5-11(10)17)14-12(18)6-9(21-2)7-13(14)19/h3-7,15,20H,1-2H3. The molecule has 2 aromatic carbocycles. The first-order valence-electron chi connectivity index (χ1n) is 6.13. The largest absolute Gasteiger partial charge is 0.497 e. The normalized spacial score (nSPS) is 12.3. The van der Waals surface area contributed by atoms with Gasteiger partial charge in [0, 0.05) is 27.2 Å². The number of hydrogen-bond donors (Lipinski definition) is 1. The van der Waals surface area contributed by atoms with Crippen molar-refractivity contribution in [3.63, 3.8) is 0 Å². The van der Waals surface area contributed by atoms with E-state index in [0.29, 0.717) is 10.6 Å². The molecule has 0 amide bonds. The van der Waals surface area contributed by atoms with Crippen molar-refractivity contribution < 1.29 is 13.5 Å². The molecule has 0 saturated carbocycles. The number of ether oxygens (including phenoxy) is 1. The molecular formula is C15H13BrClF2NO. The van der Waals surface area contributed by atoms with E-state index in [4.69, 9.17) is 16.3 Å². The third kappa shape index (κ3) is 3.36. The van der Waals surface area contributed by atoms with Crippen molar-refractivity contribution in [3.05, 3.63) is 62.6 Å². The predicted octanol–water partition coefficient (Wildman–Crippen LogP) is 4.70.